The van der Waals surface area contributed by atoms with Gasteiger partial charge >= 0.3 is 0 Å². The molecule has 0 fully saturated rings. The fraction of sp³-hybridized carbons (Fsp3) is 0.381. The molecule has 3 nitrogen and oxygen atoms in total. The third-order valence-corrected chi connectivity index (χ3v) is 4.09. The zero-order valence-electron chi connectivity index (χ0n) is 14.9. The quantitative estimate of drug-likeness (QED) is 0.700. The van der Waals surface area contributed by atoms with Gasteiger partial charge in [-0.2, -0.15) is 0 Å². The monoisotopic (exact) mass is 359 g/mol. The molecule has 25 heavy (non-hydrogen) atoms. The second-order valence-electron chi connectivity index (χ2n) is 6.89. The Morgan fingerprint density at radius 3 is 2.40 bits per heavy atom. The maximum atomic E-state index is 12.1. The molecule has 0 saturated heterocycles. The van der Waals surface area contributed by atoms with Crippen molar-refractivity contribution in [3.8, 4) is 0 Å². The summed E-state index contributed by atoms with van der Waals surface area (Å²) in [7, 11) is 0. The molecule has 0 aliphatic heterocycles. The second-order valence-corrected chi connectivity index (χ2v) is 7.33. The summed E-state index contributed by atoms with van der Waals surface area (Å²) >= 11 is 5.87. The summed E-state index contributed by atoms with van der Waals surface area (Å²) in [5.74, 6) is 0.0577. The molecule has 0 saturated carbocycles. The van der Waals surface area contributed by atoms with Gasteiger partial charge in [0.05, 0.1) is 18.8 Å². The summed E-state index contributed by atoms with van der Waals surface area (Å²) in [5, 5.41) is 3.79. The van der Waals surface area contributed by atoms with Crippen molar-refractivity contribution in [3.63, 3.8) is 0 Å². The smallest absolute Gasteiger partial charge is 0.220 e. The molecule has 0 heterocycles. The van der Waals surface area contributed by atoms with Crippen molar-refractivity contribution < 1.29 is 9.53 Å². The number of rotatable bonds is 9. The lowest BCUT2D eigenvalue weighted by Crippen LogP contribution is -2.46. The summed E-state index contributed by atoms with van der Waals surface area (Å²) in [6.07, 6.45) is 2.19. The van der Waals surface area contributed by atoms with Crippen LogP contribution in [0.4, 0.5) is 0 Å². The van der Waals surface area contributed by atoms with Crippen molar-refractivity contribution in [2.75, 3.05) is 6.61 Å². The highest BCUT2D eigenvalue weighted by Gasteiger charge is 2.20. The minimum absolute atomic E-state index is 0.0577. The molecule has 0 spiro atoms. The summed E-state index contributed by atoms with van der Waals surface area (Å²) in [6, 6.07) is 17.8. The number of benzene rings is 2. The van der Waals surface area contributed by atoms with Crippen molar-refractivity contribution in [3.05, 3.63) is 70.7 Å². The fourth-order valence-corrected chi connectivity index (χ4v) is 2.70. The second kappa shape index (κ2) is 9.59. The van der Waals surface area contributed by atoms with E-state index in [0.29, 0.717) is 19.6 Å². The van der Waals surface area contributed by atoms with Gasteiger partial charge in [0.2, 0.25) is 5.91 Å². The predicted molar refractivity (Wildman–Crippen MR) is 103 cm³/mol. The van der Waals surface area contributed by atoms with Crippen LogP contribution in [0.2, 0.25) is 5.02 Å². The molecule has 0 bridgehead atoms. The zero-order valence-corrected chi connectivity index (χ0v) is 15.7. The zero-order chi connectivity index (χ0) is 18.1. The SMILES string of the molecule is CC(C)(COCc1ccccc1)NC(=O)CCCc1ccc(Cl)cc1. The van der Waals surface area contributed by atoms with Gasteiger partial charge < -0.3 is 10.1 Å². The van der Waals surface area contributed by atoms with Gasteiger partial charge in [-0.3, -0.25) is 4.79 Å². The molecule has 0 aliphatic carbocycles. The molecular weight excluding hydrogens is 334 g/mol. The highest BCUT2D eigenvalue weighted by atomic mass is 35.5. The van der Waals surface area contributed by atoms with Crippen LogP contribution in [0.25, 0.3) is 0 Å². The Morgan fingerprint density at radius 1 is 1.04 bits per heavy atom. The number of halogens is 1. The van der Waals surface area contributed by atoms with Crippen LogP contribution < -0.4 is 5.32 Å². The molecule has 0 atom stereocenters. The Kier molecular flexibility index (Phi) is 7.48. The molecule has 2 aromatic rings. The highest BCUT2D eigenvalue weighted by Crippen LogP contribution is 2.12. The van der Waals surface area contributed by atoms with Gasteiger partial charge in [-0.15, -0.1) is 0 Å². The first kappa shape index (κ1) is 19.5. The minimum Gasteiger partial charge on any atom is -0.374 e. The maximum Gasteiger partial charge on any atom is 0.220 e. The van der Waals surface area contributed by atoms with E-state index in [1.807, 2.05) is 68.4 Å². The average Bonchev–Trinajstić information content (AvgIpc) is 2.57. The van der Waals surface area contributed by atoms with Crippen LogP contribution in [0.5, 0.6) is 0 Å². The third-order valence-electron chi connectivity index (χ3n) is 3.83. The first-order chi connectivity index (χ1) is 11.9. The van der Waals surface area contributed by atoms with Gasteiger partial charge in [0.1, 0.15) is 0 Å². The van der Waals surface area contributed by atoms with E-state index in [0.717, 1.165) is 23.4 Å². The number of nitrogens with one attached hydrogen (secondary N) is 1. The molecule has 2 rings (SSSR count). The van der Waals surface area contributed by atoms with Crippen molar-refractivity contribution in [2.45, 2.75) is 45.3 Å². The van der Waals surface area contributed by atoms with E-state index in [-0.39, 0.29) is 11.4 Å². The topological polar surface area (TPSA) is 38.3 Å². The lowest BCUT2D eigenvalue weighted by Gasteiger charge is -2.26. The van der Waals surface area contributed by atoms with Crippen LogP contribution in [0.15, 0.2) is 54.6 Å². The van der Waals surface area contributed by atoms with Crippen LogP contribution in [0, 0.1) is 0 Å². The molecule has 0 unspecified atom stereocenters. The molecule has 1 N–H and O–H groups in total. The van der Waals surface area contributed by atoms with E-state index in [2.05, 4.69) is 5.32 Å². The Morgan fingerprint density at radius 2 is 1.72 bits per heavy atom. The molecule has 0 aromatic heterocycles. The van der Waals surface area contributed by atoms with Crippen molar-refractivity contribution in [1.29, 1.82) is 0 Å². The van der Waals surface area contributed by atoms with Crippen LogP contribution in [-0.2, 0) is 22.6 Å². The van der Waals surface area contributed by atoms with Gasteiger partial charge in [-0.25, -0.2) is 0 Å². The lowest BCUT2D eigenvalue weighted by atomic mass is 10.1. The highest BCUT2D eigenvalue weighted by molar-refractivity contribution is 6.30. The molecule has 4 heteroatoms. The van der Waals surface area contributed by atoms with E-state index in [1.165, 1.54) is 5.56 Å². The number of amides is 1. The van der Waals surface area contributed by atoms with Crippen molar-refractivity contribution >= 4 is 17.5 Å². The summed E-state index contributed by atoms with van der Waals surface area (Å²) in [5.41, 5.74) is 1.95. The molecule has 0 radical (unpaired) electrons. The molecule has 0 aliphatic rings. The van der Waals surface area contributed by atoms with E-state index in [4.69, 9.17) is 16.3 Å². The van der Waals surface area contributed by atoms with Gasteiger partial charge in [0.15, 0.2) is 0 Å². The number of hydrogen-bond donors (Lipinski definition) is 1. The Balaban J connectivity index is 1.66. The van der Waals surface area contributed by atoms with E-state index in [1.54, 1.807) is 0 Å². The summed E-state index contributed by atoms with van der Waals surface area (Å²) in [4.78, 5) is 12.1. The Labute approximate surface area is 155 Å². The molecule has 134 valence electrons. The normalized spacial score (nSPS) is 11.3. The predicted octanol–water partition coefficient (Wildman–Crippen LogP) is 4.77. The van der Waals surface area contributed by atoms with Gasteiger partial charge in [0.25, 0.3) is 0 Å². The van der Waals surface area contributed by atoms with Gasteiger partial charge in [-0.05, 0) is 49.9 Å². The fourth-order valence-electron chi connectivity index (χ4n) is 2.58. The largest absolute Gasteiger partial charge is 0.374 e. The van der Waals surface area contributed by atoms with Crippen LogP contribution >= 0.6 is 11.6 Å². The Hall–Kier alpha value is -1.84. The van der Waals surface area contributed by atoms with E-state index in [9.17, 15) is 4.79 Å². The van der Waals surface area contributed by atoms with Gasteiger partial charge in [-0.1, -0.05) is 54.1 Å². The number of carbonyl (C=O) groups excluding carboxylic acids is 1. The number of hydrogen-bond acceptors (Lipinski definition) is 2. The molecule has 1 amide bonds. The maximum absolute atomic E-state index is 12.1. The van der Waals surface area contributed by atoms with Crippen molar-refractivity contribution in [2.24, 2.45) is 0 Å². The molecular formula is C21H26ClNO2. The molecule has 2 aromatic carbocycles. The first-order valence-corrected chi connectivity index (χ1v) is 8.99. The van der Waals surface area contributed by atoms with E-state index >= 15 is 0 Å². The van der Waals surface area contributed by atoms with Gasteiger partial charge in [0, 0.05) is 11.4 Å². The average molecular weight is 360 g/mol. The summed E-state index contributed by atoms with van der Waals surface area (Å²) < 4.78 is 5.74. The van der Waals surface area contributed by atoms with Crippen LogP contribution in [0.3, 0.4) is 0 Å². The number of ether oxygens (including phenoxy) is 1. The number of aryl methyl sites for hydroxylation is 1. The third kappa shape index (κ3) is 7.72. The summed E-state index contributed by atoms with van der Waals surface area (Å²) in [6.45, 7) is 4.99. The lowest BCUT2D eigenvalue weighted by molar-refractivity contribution is -0.123. The van der Waals surface area contributed by atoms with Crippen LogP contribution in [-0.4, -0.2) is 18.1 Å². The minimum atomic E-state index is -0.383. The number of carbonyl (C=O) groups is 1. The first-order valence-electron chi connectivity index (χ1n) is 8.62. The van der Waals surface area contributed by atoms with Crippen LogP contribution in [0.1, 0.15) is 37.8 Å². The Bertz CT molecular complexity index is 653. The standard InChI is InChI=1S/C21H26ClNO2/c1-21(2,16-25-15-18-7-4-3-5-8-18)23-20(24)10-6-9-17-11-13-19(22)14-12-17/h3-5,7-8,11-14H,6,9-10,15-16H2,1-2H3,(H,23,24). The van der Waals surface area contributed by atoms with Crippen molar-refractivity contribution in [1.82, 2.24) is 5.32 Å². The van der Waals surface area contributed by atoms with E-state index < -0.39 is 0 Å².